The van der Waals surface area contributed by atoms with Crippen molar-refractivity contribution in [2.45, 2.75) is 12.8 Å². The monoisotopic (exact) mass is 376 g/mol. The number of rotatable bonds is 4. The molecule has 0 spiro atoms. The van der Waals surface area contributed by atoms with Crippen LogP contribution < -0.4 is 9.62 Å². The Morgan fingerprint density at radius 3 is 2.31 bits per heavy atom. The fraction of sp³-hybridized carbons (Fsp3) is 0.444. The first-order chi connectivity index (χ1) is 12.4. The van der Waals surface area contributed by atoms with Gasteiger partial charge in [0, 0.05) is 12.2 Å². The second kappa shape index (κ2) is 6.12. The minimum atomic E-state index is -3.24. The van der Waals surface area contributed by atoms with Gasteiger partial charge in [0.25, 0.3) is 0 Å². The minimum Gasteiger partial charge on any atom is -0.481 e. The molecule has 4 rings (SSSR count). The van der Waals surface area contributed by atoms with Gasteiger partial charge in [-0.1, -0.05) is 12.2 Å². The van der Waals surface area contributed by atoms with Crippen LogP contribution in [0.15, 0.2) is 36.4 Å². The average Bonchev–Trinajstić information content (AvgIpc) is 3.29. The third-order valence-electron chi connectivity index (χ3n) is 5.57. The van der Waals surface area contributed by atoms with E-state index in [2.05, 4.69) is 5.32 Å². The number of fused-ring (bicyclic) bond motifs is 2. The number of allylic oxidation sites excluding steroid dienone is 2. The zero-order valence-electron chi connectivity index (χ0n) is 14.0. The predicted molar refractivity (Wildman–Crippen MR) is 96.2 cm³/mol. The molecule has 1 saturated heterocycles. The van der Waals surface area contributed by atoms with Crippen LogP contribution in [0, 0.1) is 23.7 Å². The summed E-state index contributed by atoms with van der Waals surface area (Å²) in [6, 6.07) is 6.63. The molecule has 1 heterocycles. The molecule has 2 N–H and O–H groups in total. The number of aliphatic carboxylic acids is 1. The molecule has 8 heteroatoms. The lowest BCUT2D eigenvalue weighted by Crippen LogP contribution is -2.36. The zero-order valence-corrected chi connectivity index (χ0v) is 14.9. The molecular formula is C18H20N2O5S. The van der Waals surface area contributed by atoms with Gasteiger partial charge in [0.05, 0.1) is 23.3 Å². The molecule has 0 aromatic heterocycles. The molecule has 3 aliphatic rings. The summed E-state index contributed by atoms with van der Waals surface area (Å²) in [5.74, 6) is -2.43. The number of sulfonamides is 1. The second-order valence-corrected chi connectivity index (χ2v) is 9.13. The summed E-state index contributed by atoms with van der Waals surface area (Å²) in [7, 11) is -3.24. The van der Waals surface area contributed by atoms with Crippen LogP contribution in [0.4, 0.5) is 11.4 Å². The summed E-state index contributed by atoms with van der Waals surface area (Å²) in [4.78, 5) is 24.2. The SMILES string of the molecule is O=C(O)[C@@H]1[C@H](C(=O)Nc2ccc(N3CCCS3(=O)=O)cc2)[C@H]2C=C[C@H]1C2. The highest BCUT2D eigenvalue weighted by molar-refractivity contribution is 7.93. The molecule has 1 amide bonds. The van der Waals surface area contributed by atoms with E-state index in [-0.39, 0.29) is 23.5 Å². The van der Waals surface area contributed by atoms with Gasteiger partial charge in [0.2, 0.25) is 15.9 Å². The van der Waals surface area contributed by atoms with Gasteiger partial charge in [0.15, 0.2) is 0 Å². The minimum absolute atomic E-state index is 0.0323. The molecule has 1 aromatic carbocycles. The topological polar surface area (TPSA) is 104 Å². The molecule has 138 valence electrons. The number of carboxylic acids is 1. The van der Waals surface area contributed by atoms with E-state index in [1.807, 2.05) is 12.2 Å². The van der Waals surface area contributed by atoms with Crippen molar-refractivity contribution < 1.29 is 23.1 Å². The van der Waals surface area contributed by atoms with Gasteiger partial charge in [-0.05, 0) is 48.9 Å². The predicted octanol–water partition coefficient (Wildman–Crippen LogP) is 1.69. The Kier molecular flexibility index (Phi) is 4.02. The van der Waals surface area contributed by atoms with Crippen molar-refractivity contribution in [3.63, 3.8) is 0 Å². The first kappa shape index (κ1) is 17.1. The van der Waals surface area contributed by atoms with Crippen molar-refractivity contribution in [3.05, 3.63) is 36.4 Å². The lowest BCUT2D eigenvalue weighted by Gasteiger charge is -2.24. The van der Waals surface area contributed by atoms with E-state index in [1.54, 1.807) is 24.3 Å². The molecule has 1 aromatic rings. The lowest BCUT2D eigenvalue weighted by molar-refractivity contribution is -0.146. The largest absolute Gasteiger partial charge is 0.481 e. The van der Waals surface area contributed by atoms with E-state index >= 15 is 0 Å². The Bertz CT molecular complexity index is 877. The summed E-state index contributed by atoms with van der Waals surface area (Å²) in [5.41, 5.74) is 1.11. The summed E-state index contributed by atoms with van der Waals surface area (Å²) in [6.07, 6.45) is 5.16. The molecule has 0 radical (unpaired) electrons. The van der Waals surface area contributed by atoms with Gasteiger partial charge >= 0.3 is 5.97 Å². The maximum absolute atomic E-state index is 12.6. The molecule has 1 saturated carbocycles. The van der Waals surface area contributed by atoms with E-state index in [0.29, 0.717) is 30.8 Å². The van der Waals surface area contributed by atoms with Crippen molar-refractivity contribution in [1.29, 1.82) is 0 Å². The van der Waals surface area contributed by atoms with Gasteiger partial charge in [-0.15, -0.1) is 0 Å². The van der Waals surface area contributed by atoms with E-state index in [4.69, 9.17) is 0 Å². The molecule has 1 aliphatic heterocycles. The highest BCUT2D eigenvalue weighted by Gasteiger charge is 2.51. The van der Waals surface area contributed by atoms with E-state index < -0.39 is 27.8 Å². The van der Waals surface area contributed by atoms with Gasteiger partial charge in [-0.3, -0.25) is 13.9 Å². The molecule has 26 heavy (non-hydrogen) atoms. The fourth-order valence-electron chi connectivity index (χ4n) is 4.38. The number of carbonyl (C=O) groups excluding carboxylic acids is 1. The quantitative estimate of drug-likeness (QED) is 0.778. The van der Waals surface area contributed by atoms with Crippen LogP contribution in [0.5, 0.6) is 0 Å². The van der Waals surface area contributed by atoms with Crippen molar-refractivity contribution in [2.24, 2.45) is 23.7 Å². The number of hydrogen-bond acceptors (Lipinski definition) is 4. The van der Waals surface area contributed by atoms with E-state index in [9.17, 15) is 23.1 Å². The number of carbonyl (C=O) groups is 2. The third-order valence-corrected chi connectivity index (χ3v) is 7.44. The molecule has 2 bridgehead atoms. The number of anilines is 2. The number of hydrogen-bond donors (Lipinski definition) is 2. The third kappa shape index (κ3) is 2.78. The first-order valence-corrected chi connectivity index (χ1v) is 10.3. The van der Waals surface area contributed by atoms with Crippen molar-refractivity contribution in [2.75, 3.05) is 21.9 Å². The molecule has 2 fully saturated rings. The van der Waals surface area contributed by atoms with E-state index in [1.165, 1.54) is 4.31 Å². The van der Waals surface area contributed by atoms with Gasteiger partial charge in [0.1, 0.15) is 0 Å². The number of amides is 1. The Morgan fingerprint density at radius 1 is 1.08 bits per heavy atom. The average molecular weight is 376 g/mol. The highest BCUT2D eigenvalue weighted by atomic mass is 32.2. The van der Waals surface area contributed by atoms with Crippen LogP contribution in [0.2, 0.25) is 0 Å². The lowest BCUT2D eigenvalue weighted by atomic mass is 9.82. The molecule has 0 unspecified atom stereocenters. The summed E-state index contributed by atoms with van der Waals surface area (Å²) >= 11 is 0. The van der Waals surface area contributed by atoms with Crippen LogP contribution in [0.3, 0.4) is 0 Å². The van der Waals surface area contributed by atoms with Crippen molar-refractivity contribution >= 4 is 33.3 Å². The number of benzene rings is 1. The Hall–Kier alpha value is -2.35. The van der Waals surface area contributed by atoms with Crippen LogP contribution in [0.25, 0.3) is 0 Å². The van der Waals surface area contributed by atoms with Crippen molar-refractivity contribution in [1.82, 2.24) is 0 Å². The standard InChI is InChI=1S/C18H20N2O5S/c21-17(15-11-2-3-12(10-11)16(15)18(22)23)19-13-4-6-14(7-5-13)20-8-1-9-26(20,24)25/h2-7,11-12,15-16H,1,8-10H2,(H,19,21)(H,22,23)/t11-,12-,15+,16-/m0/s1. The van der Waals surface area contributed by atoms with E-state index in [0.717, 1.165) is 0 Å². The van der Waals surface area contributed by atoms with Crippen LogP contribution in [0.1, 0.15) is 12.8 Å². The van der Waals surface area contributed by atoms with Gasteiger partial charge in [-0.2, -0.15) is 0 Å². The summed E-state index contributed by atoms with van der Waals surface area (Å²) in [5, 5.41) is 12.2. The van der Waals surface area contributed by atoms with Crippen LogP contribution in [-0.4, -0.2) is 37.7 Å². The smallest absolute Gasteiger partial charge is 0.307 e. The Labute approximate surface area is 151 Å². The number of carboxylic acid groups (broad SMARTS) is 1. The van der Waals surface area contributed by atoms with Gasteiger partial charge < -0.3 is 10.4 Å². The molecule has 4 atom stereocenters. The number of nitrogens with one attached hydrogen (secondary N) is 1. The Morgan fingerprint density at radius 2 is 1.73 bits per heavy atom. The molecular weight excluding hydrogens is 356 g/mol. The van der Waals surface area contributed by atoms with Gasteiger partial charge in [-0.25, -0.2) is 8.42 Å². The zero-order chi connectivity index (χ0) is 18.5. The van der Waals surface area contributed by atoms with Crippen molar-refractivity contribution in [3.8, 4) is 0 Å². The molecule has 7 nitrogen and oxygen atoms in total. The normalized spacial score (nSPS) is 31.3. The maximum atomic E-state index is 12.6. The highest BCUT2D eigenvalue weighted by Crippen LogP contribution is 2.48. The second-order valence-electron chi connectivity index (χ2n) is 7.12. The maximum Gasteiger partial charge on any atom is 0.307 e. The fourth-order valence-corrected chi connectivity index (χ4v) is 5.95. The Balaban J connectivity index is 1.48. The van der Waals surface area contributed by atoms with Crippen LogP contribution >= 0.6 is 0 Å². The molecule has 2 aliphatic carbocycles. The summed E-state index contributed by atoms with van der Waals surface area (Å²) < 4.78 is 25.3. The first-order valence-electron chi connectivity index (χ1n) is 8.69. The number of nitrogens with zero attached hydrogens (tertiary/aromatic N) is 1. The van der Waals surface area contributed by atoms with Crippen LogP contribution in [-0.2, 0) is 19.6 Å². The summed E-state index contributed by atoms with van der Waals surface area (Å²) in [6.45, 7) is 0.464.